The van der Waals surface area contributed by atoms with Gasteiger partial charge in [-0.05, 0) is 6.42 Å². The number of hydrogen-bond acceptors (Lipinski definition) is 7. The summed E-state index contributed by atoms with van der Waals surface area (Å²) in [5, 5.41) is 19.4. The minimum absolute atomic E-state index is 0.0255. The largest absolute Gasteiger partial charge is 0.396 e. The van der Waals surface area contributed by atoms with Crippen molar-refractivity contribution in [2.75, 3.05) is 26.9 Å². The molecule has 0 radical (unpaired) electrons. The van der Waals surface area contributed by atoms with E-state index in [2.05, 4.69) is 0 Å². The number of benzene rings is 1. The van der Waals surface area contributed by atoms with Crippen LogP contribution in [0.25, 0.3) is 0 Å². The van der Waals surface area contributed by atoms with Gasteiger partial charge < -0.3 is 33.9 Å². The summed E-state index contributed by atoms with van der Waals surface area (Å²) in [4.78, 5) is 0. The van der Waals surface area contributed by atoms with E-state index in [1.807, 2.05) is 30.3 Å². The van der Waals surface area contributed by atoms with Crippen LogP contribution in [0.3, 0.4) is 0 Å². The molecule has 0 bridgehead atoms. The summed E-state index contributed by atoms with van der Waals surface area (Å²) in [7, 11) is 1.47. The van der Waals surface area contributed by atoms with Crippen LogP contribution < -0.4 is 0 Å². The highest BCUT2D eigenvalue weighted by Gasteiger charge is 2.50. The number of aliphatic hydroxyl groups excluding tert-OH is 2. The number of ether oxygens (including phenoxy) is 5. The fourth-order valence-corrected chi connectivity index (χ4v) is 3.01. The average molecular weight is 340 g/mol. The Morgan fingerprint density at radius 3 is 2.71 bits per heavy atom. The smallest absolute Gasteiger partial charge is 0.186 e. The second-order valence-corrected chi connectivity index (χ2v) is 5.86. The predicted octanol–water partition coefficient (Wildman–Crippen LogP) is 0.600. The molecule has 2 N–H and O–H groups in total. The average Bonchev–Trinajstić information content (AvgIpc) is 2.63. The maximum Gasteiger partial charge on any atom is 0.186 e. The van der Waals surface area contributed by atoms with Crippen molar-refractivity contribution in [1.29, 1.82) is 0 Å². The molecule has 6 atom stereocenters. The van der Waals surface area contributed by atoms with E-state index in [0.717, 1.165) is 5.56 Å². The molecule has 2 aliphatic rings. The molecular weight excluding hydrogens is 316 g/mol. The quantitative estimate of drug-likeness (QED) is 0.733. The molecule has 2 saturated heterocycles. The Labute approximate surface area is 141 Å². The van der Waals surface area contributed by atoms with Gasteiger partial charge in [-0.1, -0.05) is 30.3 Å². The Hall–Kier alpha value is -1.06. The van der Waals surface area contributed by atoms with Gasteiger partial charge in [0, 0.05) is 25.9 Å². The summed E-state index contributed by atoms with van der Waals surface area (Å²) in [6.07, 6.45) is -3.32. The summed E-state index contributed by atoms with van der Waals surface area (Å²) in [5.41, 5.74) is 0.897. The molecule has 24 heavy (non-hydrogen) atoms. The predicted molar refractivity (Wildman–Crippen MR) is 83.1 cm³/mol. The maximum atomic E-state index is 10.5. The maximum absolute atomic E-state index is 10.5. The third-order valence-corrected chi connectivity index (χ3v) is 4.22. The third-order valence-electron chi connectivity index (χ3n) is 4.22. The van der Waals surface area contributed by atoms with Crippen LogP contribution in [-0.4, -0.2) is 67.8 Å². The van der Waals surface area contributed by atoms with E-state index >= 15 is 0 Å². The van der Waals surface area contributed by atoms with Crippen molar-refractivity contribution in [3.63, 3.8) is 0 Å². The Morgan fingerprint density at radius 2 is 2.00 bits per heavy atom. The van der Waals surface area contributed by atoms with Crippen molar-refractivity contribution >= 4 is 0 Å². The molecule has 7 heteroatoms. The Kier molecular flexibility index (Phi) is 6.18. The van der Waals surface area contributed by atoms with Crippen molar-refractivity contribution in [1.82, 2.24) is 0 Å². The second kappa shape index (κ2) is 8.35. The molecule has 1 unspecified atom stereocenters. The van der Waals surface area contributed by atoms with Crippen LogP contribution in [0.4, 0.5) is 0 Å². The lowest BCUT2D eigenvalue weighted by Gasteiger charge is -2.47. The molecule has 0 spiro atoms. The second-order valence-electron chi connectivity index (χ2n) is 5.86. The highest BCUT2D eigenvalue weighted by molar-refractivity contribution is 5.16. The molecule has 1 aromatic rings. The third kappa shape index (κ3) is 3.78. The van der Waals surface area contributed by atoms with Gasteiger partial charge in [0.2, 0.25) is 0 Å². The van der Waals surface area contributed by atoms with E-state index in [9.17, 15) is 5.11 Å². The monoisotopic (exact) mass is 340 g/mol. The van der Waals surface area contributed by atoms with Crippen LogP contribution in [0, 0.1) is 0 Å². The zero-order valence-electron chi connectivity index (χ0n) is 13.6. The lowest BCUT2D eigenvalue weighted by Crippen LogP contribution is -2.62. The summed E-state index contributed by atoms with van der Waals surface area (Å²) in [6, 6.07) is 9.59. The van der Waals surface area contributed by atoms with Crippen molar-refractivity contribution in [2.45, 2.75) is 43.4 Å². The van der Waals surface area contributed by atoms with Gasteiger partial charge in [0.05, 0.1) is 6.61 Å². The minimum atomic E-state index is -0.982. The van der Waals surface area contributed by atoms with Crippen LogP contribution >= 0.6 is 0 Å². The first-order valence-electron chi connectivity index (χ1n) is 8.15. The number of fused-ring (bicyclic) bond motifs is 1. The van der Waals surface area contributed by atoms with E-state index in [4.69, 9.17) is 28.8 Å². The molecule has 7 nitrogen and oxygen atoms in total. The molecule has 0 aromatic heterocycles. The lowest BCUT2D eigenvalue weighted by atomic mass is 9.97. The van der Waals surface area contributed by atoms with Crippen LogP contribution in [0.1, 0.15) is 18.3 Å². The molecule has 2 heterocycles. The Morgan fingerprint density at radius 1 is 1.21 bits per heavy atom. The van der Waals surface area contributed by atoms with Crippen molar-refractivity contribution in [3.8, 4) is 0 Å². The first-order valence-corrected chi connectivity index (χ1v) is 8.15. The highest BCUT2D eigenvalue weighted by atomic mass is 16.8. The molecule has 0 saturated carbocycles. The van der Waals surface area contributed by atoms with E-state index in [1.165, 1.54) is 7.11 Å². The van der Waals surface area contributed by atoms with Crippen molar-refractivity contribution < 1.29 is 33.9 Å². The van der Waals surface area contributed by atoms with E-state index in [-0.39, 0.29) is 6.61 Å². The Balaban J connectivity index is 1.73. The number of aliphatic hydroxyl groups is 2. The minimum Gasteiger partial charge on any atom is -0.396 e. The van der Waals surface area contributed by atoms with Gasteiger partial charge in [-0.25, -0.2) is 0 Å². The van der Waals surface area contributed by atoms with Crippen LogP contribution in [-0.2, 0) is 23.7 Å². The van der Waals surface area contributed by atoms with E-state index in [0.29, 0.717) is 19.6 Å². The standard InChI is InChI=1S/C17H24O7/c1-20-17-13(19)15(21-9-5-8-18)14-12(23-17)10-22-16(24-14)11-6-3-2-4-7-11/h2-4,6-7,12-19H,5,8-10H2,1H3/t12-,13+,14-,15+,16?,17+/m1/s1. The SMILES string of the molecule is CO[C@H]1O[C@@H]2COC(c3ccccc3)O[C@H]2[C@@H](OCCCO)[C@@H]1O. The zero-order valence-corrected chi connectivity index (χ0v) is 13.6. The van der Waals surface area contributed by atoms with Gasteiger partial charge in [0.15, 0.2) is 12.6 Å². The van der Waals surface area contributed by atoms with Gasteiger partial charge in [-0.3, -0.25) is 0 Å². The van der Waals surface area contributed by atoms with E-state index < -0.39 is 37.0 Å². The normalized spacial score (nSPS) is 36.3. The summed E-state index contributed by atoms with van der Waals surface area (Å²) in [6.45, 7) is 0.659. The Bertz CT molecular complexity index is 497. The van der Waals surface area contributed by atoms with Gasteiger partial charge in [-0.15, -0.1) is 0 Å². The van der Waals surface area contributed by atoms with Gasteiger partial charge in [0.25, 0.3) is 0 Å². The fraction of sp³-hybridized carbons (Fsp3) is 0.647. The first kappa shape index (κ1) is 17.8. The number of rotatable bonds is 6. The molecular formula is C17H24O7. The molecule has 2 fully saturated rings. The summed E-state index contributed by atoms with van der Waals surface area (Å²) in [5.74, 6) is 0. The van der Waals surface area contributed by atoms with Gasteiger partial charge in [0.1, 0.15) is 24.4 Å². The van der Waals surface area contributed by atoms with Crippen molar-refractivity contribution in [2.24, 2.45) is 0 Å². The molecule has 3 rings (SSSR count). The number of methoxy groups -OCH3 is 1. The van der Waals surface area contributed by atoms with Crippen LogP contribution in [0.15, 0.2) is 30.3 Å². The molecule has 134 valence electrons. The summed E-state index contributed by atoms with van der Waals surface area (Å²) >= 11 is 0. The van der Waals surface area contributed by atoms with Crippen LogP contribution in [0.5, 0.6) is 0 Å². The number of hydrogen-bond donors (Lipinski definition) is 2. The first-order chi connectivity index (χ1) is 11.7. The molecule has 1 aromatic carbocycles. The molecule has 2 aliphatic heterocycles. The summed E-state index contributed by atoms with van der Waals surface area (Å²) < 4.78 is 28.5. The van der Waals surface area contributed by atoms with Crippen molar-refractivity contribution in [3.05, 3.63) is 35.9 Å². The van der Waals surface area contributed by atoms with Gasteiger partial charge in [-0.2, -0.15) is 0 Å². The fourth-order valence-electron chi connectivity index (χ4n) is 3.01. The topological polar surface area (TPSA) is 86.6 Å². The highest BCUT2D eigenvalue weighted by Crippen LogP contribution is 2.35. The van der Waals surface area contributed by atoms with Crippen LogP contribution in [0.2, 0.25) is 0 Å². The zero-order chi connectivity index (χ0) is 16.9. The van der Waals surface area contributed by atoms with Gasteiger partial charge >= 0.3 is 0 Å². The lowest BCUT2D eigenvalue weighted by molar-refractivity contribution is -0.362. The van der Waals surface area contributed by atoms with E-state index in [1.54, 1.807) is 0 Å². The molecule has 0 amide bonds. The molecule has 0 aliphatic carbocycles.